The van der Waals surface area contributed by atoms with Crippen LogP contribution in [0.5, 0.6) is 0 Å². The van der Waals surface area contributed by atoms with E-state index >= 15 is 0 Å². The van der Waals surface area contributed by atoms with Crippen molar-refractivity contribution in [3.63, 3.8) is 0 Å². The minimum absolute atomic E-state index is 0.125. The average molecular weight is 240 g/mol. The Morgan fingerprint density at radius 3 is 2.62 bits per heavy atom. The maximum Gasteiger partial charge on any atom is 0.231 e. The second-order valence-electron chi connectivity index (χ2n) is 3.72. The van der Waals surface area contributed by atoms with Crippen molar-refractivity contribution in [3.8, 4) is 0 Å². The van der Waals surface area contributed by atoms with Crippen molar-refractivity contribution in [1.82, 2.24) is 0 Å². The van der Waals surface area contributed by atoms with Crippen LogP contribution in [0.25, 0.3) is 0 Å². The Balaban J connectivity index is 2.69. The summed E-state index contributed by atoms with van der Waals surface area (Å²) in [6.07, 6.45) is -0.170. The Bertz CT molecular complexity index is 415. The Morgan fingerprint density at radius 2 is 2.00 bits per heavy atom. The van der Waals surface area contributed by atoms with Crippen LogP contribution in [0, 0.1) is 13.8 Å². The van der Waals surface area contributed by atoms with Crippen molar-refractivity contribution >= 4 is 29.0 Å². The molecule has 1 N–H and O–H groups in total. The van der Waals surface area contributed by atoms with Gasteiger partial charge in [-0.05, 0) is 31.0 Å². The molecule has 0 aliphatic carbocycles. The summed E-state index contributed by atoms with van der Waals surface area (Å²) in [6.45, 7) is 3.84. The third kappa shape index (κ3) is 3.66. The lowest BCUT2D eigenvalue weighted by Gasteiger charge is -2.08. The number of benzene rings is 1. The predicted octanol–water partition coefficient (Wildman–Crippen LogP) is 2.44. The van der Waals surface area contributed by atoms with Gasteiger partial charge in [-0.1, -0.05) is 12.1 Å². The number of hydrogen-bond donors (Lipinski definition) is 1. The molecule has 0 aliphatic rings. The van der Waals surface area contributed by atoms with Gasteiger partial charge in [0, 0.05) is 5.69 Å². The van der Waals surface area contributed by atoms with Crippen molar-refractivity contribution in [1.29, 1.82) is 0 Å². The fourth-order valence-electron chi connectivity index (χ4n) is 1.29. The molecule has 0 atom stereocenters. The second kappa shape index (κ2) is 5.66. The van der Waals surface area contributed by atoms with E-state index in [9.17, 15) is 9.59 Å². The first-order valence-corrected chi connectivity index (χ1v) is 5.51. The normalized spacial score (nSPS) is 9.94. The van der Waals surface area contributed by atoms with Crippen LogP contribution in [0.3, 0.4) is 0 Å². The number of halogens is 1. The molecule has 0 aromatic heterocycles. The highest BCUT2D eigenvalue weighted by molar-refractivity contribution is 6.29. The van der Waals surface area contributed by atoms with Crippen LogP contribution in [0.1, 0.15) is 17.5 Å². The smallest absolute Gasteiger partial charge is 0.231 e. The van der Waals surface area contributed by atoms with Crippen LogP contribution in [0.15, 0.2) is 18.2 Å². The molecular weight excluding hydrogens is 226 g/mol. The number of aryl methyl sites for hydroxylation is 2. The molecule has 0 heterocycles. The molecule has 0 aliphatic heterocycles. The first-order chi connectivity index (χ1) is 7.52. The number of carbonyl (C=O) groups is 2. The number of anilines is 1. The maximum absolute atomic E-state index is 11.5. The van der Waals surface area contributed by atoms with Gasteiger partial charge in [0.1, 0.15) is 0 Å². The monoisotopic (exact) mass is 239 g/mol. The predicted molar refractivity (Wildman–Crippen MR) is 64.9 cm³/mol. The molecule has 0 bridgehead atoms. The summed E-state index contributed by atoms with van der Waals surface area (Å²) in [7, 11) is 0. The third-order valence-corrected chi connectivity index (χ3v) is 2.47. The van der Waals surface area contributed by atoms with Gasteiger partial charge in [0.05, 0.1) is 12.3 Å². The Kier molecular flexibility index (Phi) is 4.50. The van der Waals surface area contributed by atoms with E-state index in [0.29, 0.717) is 0 Å². The lowest BCUT2D eigenvalue weighted by Crippen LogP contribution is -2.17. The number of ketones is 1. The quantitative estimate of drug-likeness (QED) is 0.648. The van der Waals surface area contributed by atoms with Crippen LogP contribution in [0.2, 0.25) is 0 Å². The molecule has 1 aromatic carbocycles. The molecule has 16 heavy (non-hydrogen) atoms. The molecule has 0 spiro atoms. The van der Waals surface area contributed by atoms with E-state index in [-0.39, 0.29) is 24.0 Å². The topological polar surface area (TPSA) is 46.2 Å². The van der Waals surface area contributed by atoms with E-state index in [4.69, 9.17) is 11.6 Å². The number of rotatable bonds is 4. The van der Waals surface area contributed by atoms with Crippen molar-refractivity contribution in [2.24, 2.45) is 0 Å². The van der Waals surface area contributed by atoms with Crippen molar-refractivity contribution in [2.45, 2.75) is 20.3 Å². The minimum atomic E-state index is -0.320. The van der Waals surface area contributed by atoms with Gasteiger partial charge >= 0.3 is 0 Å². The van der Waals surface area contributed by atoms with E-state index in [2.05, 4.69) is 5.32 Å². The molecule has 0 saturated heterocycles. The van der Waals surface area contributed by atoms with Crippen LogP contribution < -0.4 is 5.32 Å². The van der Waals surface area contributed by atoms with Crippen molar-refractivity contribution < 1.29 is 9.59 Å². The van der Waals surface area contributed by atoms with E-state index in [0.717, 1.165) is 16.8 Å². The first kappa shape index (κ1) is 12.7. The van der Waals surface area contributed by atoms with Crippen LogP contribution >= 0.6 is 11.6 Å². The summed E-state index contributed by atoms with van der Waals surface area (Å²) in [5.74, 6) is -0.718. The van der Waals surface area contributed by atoms with Crippen LogP contribution in [-0.4, -0.2) is 17.6 Å². The van der Waals surface area contributed by atoms with Gasteiger partial charge in [0.15, 0.2) is 5.78 Å². The van der Waals surface area contributed by atoms with Gasteiger partial charge in [-0.25, -0.2) is 0 Å². The van der Waals surface area contributed by atoms with E-state index in [1.165, 1.54) is 0 Å². The minimum Gasteiger partial charge on any atom is -0.325 e. The first-order valence-electron chi connectivity index (χ1n) is 4.97. The molecule has 1 aromatic rings. The summed E-state index contributed by atoms with van der Waals surface area (Å²) in [5, 5.41) is 2.70. The summed E-state index contributed by atoms with van der Waals surface area (Å²) in [4.78, 5) is 22.4. The number of carbonyl (C=O) groups excluding carboxylic acids is 2. The molecule has 3 nitrogen and oxygen atoms in total. The molecule has 86 valence electrons. The molecule has 1 rings (SSSR count). The Labute approximate surface area is 99.8 Å². The van der Waals surface area contributed by atoms with E-state index in [1.54, 1.807) is 0 Å². The van der Waals surface area contributed by atoms with Gasteiger partial charge in [-0.15, -0.1) is 11.6 Å². The van der Waals surface area contributed by atoms with Gasteiger partial charge in [0.2, 0.25) is 5.91 Å². The zero-order valence-electron chi connectivity index (χ0n) is 9.34. The lowest BCUT2D eigenvalue weighted by molar-refractivity contribution is -0.124. The molecule has 0 saturated carbocycles. The molecule has 4 heteroatoms. The highest BCUT2D eigenvalue weighted by Gasteiger charge is 2.09. The van der Waals surface area contributed by atoms with Crippen LogP contribution in [-0.2, 0) is 9.59 Å². The molecule has 1 amide bonds. The fraction of sp³-hybridized carbons (Fsp3) is 0.333. The fourth-order valence-corrected chi connectivity index (χ4v) is 1.39. The highest BCUT2D eigenvalue weighted by Crippen LogP contribution is 2.16. The summed E-state index contributed by atoms with van der Waals surface area (Å²) in [6, 6.07) is 5.77. The highest BCUT2D eigenvalue weighted by atomic mass is 35.5. The summed E-state index contributed by atoms with van der Waals surface area (Å²) in [5.41, 5.74) is 2.77. The van der Waals surface area contributed by atoms with Crippen LogP contribution in [0.4, 0.5) is 5.69 Å². The maximum atomic E-state index is 11.5. The molecule has 0 unspecified atom stereocenters. The number of alkyl halides is 1. The molecular formula is C12H14ClNO2. The zero-order valence-corrected chi connectivity index (χ0v) is 10.1. The van der Waals surface area contributed by atoms with Gasteiger partial charge in [-0.2, -0.15) is 0 Å². The number of nitrogens with one attached hydrogen (secondary N) is 1. The van der Waals surface area contributed by atoms with Gasteiger partial charge in [-0.3, -0.25) is 9.59 Å². The zero-order chi connectivity index (χ0) is 12.1. The SMILES string of the molecule is Cc1ccc(C)c(NC(=O)CC(=O)CCl)c1. The van der Waals surface area contributed by atoms with Gasteiger partial charge in [0.25, 0.3) is 0 Å². The van der Waals surface area contributed by atoms with Crippen molar-refractivity contribution in [2.75, 3.05) is 11.2 Å². The Hall–Kier alpha value is -1.35. The molecule has 0 radical (unpaired) electrons. The second-order valence-corrected chi connectivity index (χ2v) is 3.98. The average Bonchev–Trinajstić information content (AvgIpc) is 2.23. The van der Waals surface area contributed by atoms with Crippen molar-refractivity contribution in [3.05, 3.63) is 29.3 Å². The van der Waals surface area contributed by atoms with E-state index in [1.807, 2.05) is 32.0 Å². The molecule has 0 fully saturated rings. The number of amides is 1. The lowest BCUT2D eigenvalue weighted by atomic mass is 10.1. The summed E-state index contributed by atoms with van der Waals surface area (Å²) >= 11 is 5.33. The van der Waals surface area contributed by atoms with Gasteiger partial charge < -0.3 is 5.32 Å². The Morgan fingerprint density at radius 1 is 1.31 bits per heavy atom. The summed E-state index contributed by atoms with van der Waals surface area (Å²) < 4.78 is 0. The largest absolute Gasteiger partial charge is 0.325 e. The number of Topliss-reactive ketones (excluding diaryl/α,β-unsaturated/α-hetero) is 1. The van der Waals surface area contributed by atoms with E-state index < -0.39 is 0 Å². The standard InChI is InChI=1S/C12H14ClNO2/c1-8-3-4-9(2)11(5-8)14-12(16)6-10(15)7-13/h3-5H,6-7H2,1-2H3,(H,14,16). The third-order valence-electron chi connectivity index (χ3n) is 2.17. The number of hydrogen-bond acceptors (Lipinski definition) is 2.